The normalized spacial score (nSPS) is 10.1. The third-order valence-electron chi connectivity index (χ3n) is 3.33. The van der Waals surface area contributed by atoms with Crippen molar-refractivity contribution < 1.29 is 28.7 Å². The summed E-state index contributed by atoms with van der Waals surface area (Å²) in [6.45, 7) is 0. The Bertz CT molecular complexity index is 724. The van der Waals surface area contributed by atoms with E-state index in [0.29, 0.717) is 23.3 Å². The van der Waals surface area contributed by atoms with E-state index in [9.17, 15) is 19.2 Å². The quantitative estimate of drug-likeness (QED) is 0.634. The Kier molecular flexibility index (Phi) is 4.31. The second kappa shape index (κ2) is 6.17. The van der Waals surface area contributed by atoms with Gasteiger partial charge in [-0.15, -0.1) is 0 Å². The Morgan fingerprint density at radius 1 is 0.773 bits per heavy atom. The molecule has 0 saturated carbocycles. The maximum absolute atomic E-state index is 11.7. The van der Waals surface area contributed by atoms with Crippen LogP contribution in [0, 0.1) is 0 Å². The maximum atomic E-state index is 11.7. The number of esters is 2. The molecule has 0 fully saturated rings. The van der Waals surface area contributed by atoms with Gasteiger partial charge in [-0.25, -0.2) is 9.59 Å². The van der Waals surface area contributed by atoms with Crippen molar-refractivity contribution >= 4 is 35.3 Å². The Hall–Kier alpha value is -3.02. The van der Waals surface area contributed by atoms with E-state index < -0.39 is 11.9 Å². The van der Waals surface area contributed by atoms with Gasteiger partial charge in [0.2, 0.25) is 0 Å². The van der Waals surface area contributed by atoms with E-state index in [4.69, 9.17) is 0 Å². The zero-order valence-electron chi connectivity index (χ0n) is 11.9. The summed E-state index contributed by atoms with van der Waals surface area (Å²) in [6, 6.07) is 5.74. The van der Waals surface area contributed by atoms with Gasteiger partial charge in [0.05, 0.1) is 25.3 Å². The van der Waals surface area contributed by atoms with Gasteiger partial charge in [-0.3, -0.25) is 9.59 Å². The van der Waals surface area contributed by atoms with E-state index in [0.717, 1.165) is 0 Å². The fourth-order valence-corrected chi connectivity index (χ4v) is 2.28. The SMILES string of the molecule is COC(=O)c1ccc2c(C=O)c(C(=O)OC)ccc2c1C=O. The average molecular weight is 300 g/mol. The molecule has 0 aliphatic carbocycles. The maximum Gasteiger partial charge on any atom is 0.338 e. The molecule has 0 unspecified atom stereocenters. The number of benzene rings is 2. The number of fused-ring (bicyclic) bond motifs is 1. The van der Waals surface area contributed by atoms with Gasteiger partial charge >= 0.3 is 11.9 Å². The Morgan fingerprint density at radius 2 is 1.14 bits per heavy atom. The lowest BCUT2D eigenvalue weighted by molar-refractivity contribution is 0.0590. The van der Waals surface area contributed by atoms with Crippen LogP contribution < -0.4 is 0 Å². The highest BCUT2D eigenvalue weighted by molar-refractivity contribution is 6.14. The van der Waals surface area contributed by atoms with Crippen LogP contribution in [-0.2, 0) is 9.47 Å². The van der Waals surface area contributed by atoms with E-state index in [2.05, 4.69) is 9.47 Å². The van der Waals surface area contributed by atoms with Crippen LogP contribution in [0.3, 0.4) is 0 Å². The summed E-state index contributed by atoms with van der Waals surface area (Å²) in [7, 11) is 2.41. The summed E-state index contributed by atoms with van der Waals surface area (Å²) in [4.78, 5) is 46.1. The molecule has 6 nitrogen and oxygen atoms in total. The van der Waals surface area contributed by atoms with E-state index in [1.54, 1.807) is 0 Å². The van der Waals surface area contributed by atoms with Crippen LogP contribution in [0.25, 0.3) is 10.8 Å². The van der Waals surface area contributed by atoms with Gasteiger partial charge in [0.25, 0.3) is 0 Å². The van der Waals surface area contributed by atoms with Crippen molar-refractivity contribution in [3.05, 3.63) is 46.5 Å². The zero-order valence-corrected chi connectivity index (χ0v) is 11.9. The molecular weight excluding hydrogens is 288 g/mol. The minimum absolute atomic E-state index is 0.0904. The van der Waals surface area contributed by atoms with Crippen LogP contribution in [0.15, 0.2) is 24.3 Å². The van der Waals surface area contributed by atoms with Gasteiger partial charge < -0.3 is 9.47 Å². The van der Waals surface area contributed by atoms with Crippen LogP contribution in [0.4, 0.5) is 0 Å². The Morgan fingerprint density at radius 3 is 1.41 bits per heavy atom. The molecule has 2 rings (SSSR count). The van der Waals surface area contributed by atoms with Gasteiger partial charge in [0, 0.05) is 11.1 Å². The van der Waals surface area contributed by atoms with Crippen molar-refractivity contribution in [3.8, 4) is 0 Å². The van der Waals surface area contributed by atoms with E-state index in [1.165, 1.54) is 38.5 Å². The highest BCUT2D eigenvalue weighted by Crippen LogP contribution is 2.27. The lowest BCUT2D eigenvalue weighted by atomic mass is 9.94. The number of carbonyl (C=O) groups is 4. The topological polar surface area (TPSA) is 86.7 Å². The molecular formula is C16H12O6. The van der Waals surface area contributed by atoms with Gasteiger partial charge in [-0.1, -0.05) is 12.1 Å². The molecule has 0 radical (unpaired) electrons. The number of ether oxygens (including phenoxy) is 2. The summed E-state index contributed by atoms with van der Waals surface area (Å²) >= 11 is 0. The summed E-state index contributed by atoms with van der Waals surface area (Å²) in [5.74, 6) is -1.32. The summed E-state index contributed by atoms with van der Waals surface area (Å²) < 4.78 is 9.24. The number of aldehydes is 2. The monoisotopic (exact) mass is 300 g/mol. The van der Waals surface area contributed by atoms with Crippen molar-refractivity contribution in [2.24, 2.45) is 0 Å². The van der Waals surface area contributed by atoms with E-state index >= 15 is 0 Å². The van der Waals surface area contributed by atoms with Crippen LogP contribution >= 0.6 is 0 Å². The molecule has 0 N–H and O–H groups in total. The third-order valence-corrected chi connectivity index (χ3v) is 3.33. The number of carbonyl (C=O) groups excluding carboxylic acids is 4. The molecule has 0 amide bonds. The van der Waals surface area contributed by atoms with Crippen LogP contribution in [0.2, 0.25) is 0 Å². The fourth-order valence-electron chi connectivity index (χ4n) is 2.28. The second-order valence-corrected chi connectivity index (χ2v) is 4.37. The standard InChI is InChI=1S/C16H12O6/c1-21-15(19)11-5-3-10-9(13(11)7-17)4-6-12(14(10)8-18)16(20)22-2/h3-8H,1-2H3. The highest BCUT2D eigenvalue weighted by atomic mass is 16.5. The molecule has 0 atom stereocenters. The molecule has 6 heteroatoms. The molecule has 0 heterocycles. The molecule has 22 heavy (non-hydrogen) atoms. The molecule has 0 spiro atoms. The minimum atomic E-state index is -0.659. The predicted octanol–water partition coefficient (Wildman–Crippen LogP) is 2.04. The Balaban J connectivity index is 2.85. The molecule has 0 saturated heterocycles. The fraction of sp³-hybridized carbons (Fsp3) is 0.125. The zero-order chi connectivity index (χ0) is 16.3. The second-order valence-electron chi connectivity index (χ2n) is 4.37. The number of hydrogen-bond donors (Lipinski definition) is 0. The molecule has 2 aromatic rings. The minimum Gasteiger partial charge on any atom is -0.465 e. The Labute approximate surface area is 125 Å². The first-order chi connectivity index (χ1) is 10.6. The lowest BCUT2D eigenvalue weighted by Crippen LogP contribution is -2.09. The molecule has 0 bridgehead atoms. The number of rotatable bonds is 4. The van der Waals surface area contributed by atoms with Crippen LogP contribution in [0.5, 0.6) is 0 Å². The van der Waals surface area contributed by atoms with Crippen molar-refractivity contribution in [2.75, 3.05) is 14.2 Å². The molecule has 112 valence electrons. The molecule has 0 aliphatic heterocycles. The van der Waals surface area contributed by atoms with Crippen molar-refractivity contribution in [1.82, 2.24) is 0 Å². The van der Waals surface area contributed by atoms with E-state index in [-0.39, 0.29) is 22.3 Å². The van der Waals surface area contributed by atoms with Gasteiger partial charge in [0.15, 0.2) is 12.6 Å². The molecule has 0 aliphatic rings. The lowest BCUT2D eigenvalue weighted by Gasteiger charge is -2.11. The van der Waals surface area contributed by atoms with Crippen molar-refractivity contribution in [1.29, 1.82) is 0 Å². The highest BCUT2D eigenvalue weighted by Gasteiger charge is 2.19. The summed E-state index contributed by atoms with van der Waals surface area (Å²) in [5, 5.41) is 0.764. The van der Waals surface area contributed by atoms with Crippen molar-refractivity contribution in [3.63, 3.8) is 0 Å². The van der Waals surface area contributed by atoms with Gasteiger partial charge in [-0.05, 0) is 22.9 Å². The summed E-state index contributed by atoms with van der Waals surface area (Å²) in [6.07, 6.45) is 1.03. The van der Waals surface area contributed by atoms with Gasteiger partial charge in [0.1, 0.15) is 0 Å². The first-order valence-corrected chi connectivity index (χ1v) is 6.25. The average Bonchev–Trinajstić information content (AvgIpc) is 2.57. The van der Waals surface area contributed by atoms with Crippen molar-refractivity contribution in [2.45, 2.75) is 0 Å². The van der Waals surface area contributed by atoms with Crippen LogP contribution in [0.1, 0.15) is 41.4 Å². The van der Waals surface area contributed by atoms with Crippen LogP contribution in [-0.4, -0.2) is 38.7 Å². The molecule has 0 aromatic heterocycles. The number of methoxy groups -OCH3 is 2. The number of hydrogen-bond acceptors (Lipinski definition) is 6. The smallest absolute Gasteiger partial charge is 0.338 e. The van der Waals surface area contributed by atoms with E-state index in [1.807, 2.05) is 0 Å². The van der Waals surface area contributed by atoms with Gasteiger partial charge in [-0.2, -0.15) is 0 Å². The third kappa shape index (κ3) is 2.35. The summed E-state index contributed by atoms with van der Waals surface area (Å²) in [5.41, 5.74) is 0.382. The predicted molar refractivity (Wildman–Crippen MR) is 77.4 cm³/mol. The first-order valence-electron chi connectivity index (χ1n) is 6.25. The largest absolute Gasteiger partial charge is 0.465 e. The molecule has 2 aromatic carbocycles. The first kappa shape index (κ1) is 15.4.